The Morgan fingerprint density at radius 2 is 1.96 bits per heavy atom. The molecule has 0 amide bonds. The predicted molar refractivity (Wildman–Crippen MR) is 100 cm³/mol. The molecule has 1 aromatic carbocycles. The molecule has 8 nitrogen and oxygen atoms in total. The van der Waals surface area contributed by atoms with Crippen LogP contribution in [0.3, 0.4) is 0 Å². The number of aliphatic carboxylic acids is 1. The van der Waals surface area contributed by atoms with Crippen molar-refractivity contribution in [1.29, 1.82) is 0 Å². The first-order chi connectivity index (χ1) is 13.0. The van der Waals surface area contributed by atoms with Crippen molar-refractivity contribution >= 4 is 11.5 Å². The van der Waals surface area contributed by atoms with Gasteiger partial charge in [-0.15, -0.1) is 0 Å². The molecular weight excluding hydrogens is 348 g/mol. The average molecular weight is 370 g/mol. The van der Waals surface area contributed by atoms with E-state index in [1.807, 2.05) is 19.9 Å². The first-order valence-electron chi connectivity index (χ1n) is 8.90. The maximum absolute atomic E-state index is 12.7. The predicted octanol–water partition coefficient (Wildman–Crippen LogP) is 2.30. The fourth-order valence-corrected chi connectivity index (χ4v) is 3.17. The van der Waals surface area contributed by atoms with Crippen molar-refractivity contribution < 1.29 is 14.6 Å². The summed E-state index contributed by atoms with van der Waals surface area (Å²) in [5, 5.41) is 9.48. The van der Waals surface area contributed by atoms with E-state index in [0.29, 0.717) is 41.4 Å². The lowest BCUT2D eigenvalue weighted by Gasteiger charge is -2.17. The van der Waals surface area contributed by atoms with Gasteiger partial charge in [-0.25, -0.2) is 14.2 Å². The summed E-state index contributed by atoms with van der Waals surface area (Å²) in [6.07, 6.45) is 1.43. The fraction of sp³-hybridized carbons (Fsp3) is 0.368. The Morgan fingerprint density at radius 3 is 2.63 bits per heavy atom. The van der Waals surface area contributed by atoms with Crippen LogP contribution in [0.4, 0.5) is 0 Å². The lowest BCUT2D eigenvalue weighted by Crippen LogP contribution is -2.26. The molecule has 2 heterocycles. The van der Waals surface area contributed by atoms with Gasteiger partial charge < -0.3 is 9.84 Å². The molecule has 0 spiro atoms. The molecule has 0 saturated carbocycles. The third-order valence-electron chi connectivity index (χ3n) is 4.18. The number of carbonyl (C=O) groups is 1. The highest BCUT2D eigenvalue weighted by atomic mass is 16.5. The topological polar surface area (TPSA) is 98.7 Å². The zero-order valence-corrected chi connectivity index (χ0v) is 15.6. The van der Waals surface area contributed by atoms with Gasteiger partial charge in [0, 0.05) is 6.42 Å². The molecule has 3 aromatic rings. The van der Waals surface area contributed by atoms with Gasteiger partial charge in [0.1, 0.15) is 18.1 Å². The van der Waals surface area contributed by atoms with Crippen molar-refractivity contribution in [3.05, 3.63) is 46.1 Å². The smallest absolute Gasteiger partial charge is 0.325 e. The first-order valence-corrected chi connectivity index (χ1v) is 8.90. The highest BCUT2D eigenvalue weighted by Gasteiger charge is 2.22. The molecule has 2 aromatic heterocycles. The maximum atomic E-state index is 12.7. The van der Waals surface area contributed by atoms with Crippen LogP contribution in [-0.4, -0.2) is 36.8 Å². The Kier molecular flexibility index (Phi) is 5.25. The van der Waals surface area contributed by atoms with Crippen LogP contribution >= 0.6 is 0 Å². The van der Waals surface area contributed by atoms with Crippen LogP contribution in [0.5, 0.6) is 5.75 Å². The largest absolute Gasteiger partial charge is 0.493 e. The van der Waals surface area contributed by atoms with E-state index in [-0.39, 0.29) is 12.4 Å². The average Bonchev–Trinajstić information content (AvgIpc) is 2.95. The van der Waals surface area contributed by atoms with Crippen molar-refractivity contribution in [1.82, 2.24) is 19.2 Å². The van der Waals surface area contributed by atoms with Gasteiger partial charge in [0.2, 0.25) is 0 Å². The number of benzene rings is 1. The zero-order chi connectivity index (χ0) is 19.6. The molecule has 0 radical (unpaired) electrons. The Labute approximate surface area is 156 Å². The molecule has 8 heteroatoms. The summed E-state index contributed by atoms with van der Waals surface area (Å²) < 4.78 is 8.74. The highest BCUT2D eigenvalue weighted by Crippen LogP contribution is 2.28. The van der Waals surface area contributed by atoms with Gasteiger partial charge in [0.15, 0.2) is 11.3 Å². The Morgan fingerprint density at radius 1 is 1.22 bits per heavy atom. The van der Waals surface area contributed by atoms with Gasteiger partial charge in [-0.1, -0.05) is 19.1 Å². The number of carboxylic acid groups (broad SMARTS) is 1. The number of aromatic nitrogens is 4. The minimum absolute atomic E-state index is 0.244. The van der Waals surface area contributed by atoms with Crippen molar-refractivity contribution in [3.8, 4) is 17.1 Å². The number of hydrogen-bond donors (Lipinski definition) is 1. The lowest BCUT2D eigenvalue weighted by atomic mass is 10.2. The van der Waals surface area contributed by atoms with Crippen LogP contribution in [-0.2, 0) is 17.8 Å². The van der Waals surface area contributed by atoms with Gasteiger partial charge in [-0.3, -0.25) is 9.59 Å². The Hall–Kier alpha value is -3.16. The van der Waals surface area contributed by atoms with Crippen LogP contribution in [0.2, 0.25) is 0 Å². The SMILES string of the molecule is CCCc1nc(C)c2c(=O)nc(-c3ccccc3OCC)n(CC(=O)O)n12. The standard InChI is InChI=1S/C19H22N4O4/c1-4-8-15-20-12(3)17-19(26)21-18(22(23(15)17)11-16(24)25)13-9-6-7-10-14(13)27-5-2/h6-7,9-10H,4-5,8,11H2,1-3H3,(H,24,25). The second-order valence-corrected chi connectivity index (χ2v) is 6.14. The minimum Gasteiger partial charge on any atom is -0.493 e. The molecular formula is C19H22N4O4. The summed E-state index contributed by atoms with van der Waals surface area (Å²) in [6.45, 7) is 5.68. The molecule has 0 atom stereocenters. The van der Waals surface area contributed by atoms with Crippen LogP contribution in [0.1, 0.15) is 31.8 Å². The van der Waals surface area contributed by atoms with Crippen molar-refractivity contribution in [2.45, 2.75) is 40.2 Å². The molecule has 142 valence electrons. The van der Waals surface area contributed by atoms with Gasteiger partial charge in [-0.2, -0.15) is 4.98 Å². The number of ether oxygens (including phenoxy) is 1. The number of imidazole rings is 1. The minimum atomic E-state index is -1.04. The van der Waals surface area contributed by atoms with E-state index in [1.54, 1.807) is 29.6 Å². The molecule has 0 aliphatic heterocycles. The molecule has 0 aliphatic carbocycles. The summed E-state index contributed by atoms with van der Waals surface area (Å²) in [4.78, 5) is 33.0. The van der Waals surface area contributed by atoms with Gasteiger partial charge in [-0.05, 0) is 32.4 Å². The molecule has 0 saturated heterocycles. The summed E-state index contributed by atoms with van der Waals surface area (Å²) in [5.41, 5.74) is 0.968. The van der Waals surface area contributed by atoms with E-state index in [9.17, 15) is 14.7 Å². The third kappa shape index (κ3) is 3.42. The molecule has 27 heavy (non-hydrogen) atoms. The van der Waals surface area contributed by atoms with E-state index in [2.05, 4.69) is 9.97 Å². The van der Waals surface area contributed by atoms with Gasteiger partial charge >= 0.3 is 5.97 Å². The Bertz CT molecular complexity index is 1050. The molecule has 1 N–H and O–H groups in total. The number of hydrogen-bond acceptors (Lipinski definition) is 5. The lowest BCUT2D eigenvalue weighted by molar-refractivity contribution is -0.138. The zero-order valence-electron chi connectivity index (χ0n) is 15.6. The molecule has 0 unspecified atom stereocenters. The summed E-state index contributed by atoms with van der Waals surface area (Å²) in [5.74, 6) is 0.388. The second kappa shape index (κ2) is 7.61. The van der Waals surface area contributed by atoms with E-state index in [4.69, 9.17) is 4.74 Å². The Balaban J connectivity index is 2.41. The number of fused-ring (bicyclic) bond motifs is 1. The van der Waals surface area contributed by atoms with Gasteiger partial charge in [0.25, 0.3) is 5.56 Å². The first kappa shape index (κ1) is 18.6. The number of nitrogens with zero attached hydrogens (tertiary/aromatic N) is 4. The number of rotatable bonds is 7. The van der Waals surface area contributed by atoms with Crippen LogP contribution < -0.4 is 10.3 Å². The highest BCUT2D eigenvalue weighted by molar-refractivity contribution is 5.70. The molecule has 0 bridgehead atoms. The van der Waals surface area contributed by atoms with Crippen LogP contribution in [0.15, 0.2) is 29.1 Å². The quantitative estimate of drug-likeness (QED) is 0.685. The monoisotopic (exact) mass is 370 g/mol. The number of aryl methyl sites for hydroxylation is 2. The van der Waals surface area contributed by atoms with Crippen LogP contribution in [0, 0.1) is 6.92 Å². The third-order valence-corrected chi connectivity index (χ3v) is 4.18. The summed E-state index contributed by atoms with van der Waals surface area (Å²) in [7, 11) is 0. The van der Waals surface area contributed by atoms with Crippen molar-refractivity contribution in [2.24, 2.45) is 0 Å². The molecule has 0 fully saturated rings. The number of carboxylic acids is 1. The summed E-state index contributed by atoms with van der Waals surface area (Å²) in [6, 6.07) is 7.15. The maximum Gasteiger partial charge on any atom is 0.325 e. The fourth-order valence-electron chi connectivity index (χ4n) is 3.17. The van der Waals surface area contributed by atoms with E-state index in [1.165, 1.54) is 4.68 Å². The van der Waals surface area contributed by atoms with E-state index < -0.39 is 11.5 Å². The van der Waals surface area contributed by atoms with Crippen LogP contribution in [0.25, 0.3) is 16.9 Å². The van der Waals surface area contributed by atoms with Crippen molar-refractivity contribution in [3.63, 3.8) is 0 Å². The van der Waals surface area contributed by atoms with E-state index in [0.717, 1.165) is 6.42 Å². The normalized spacial score (nSPS) is 11.1. The van der Waals surface area contributed by atoms with Crippen molar-refractivity contribution in [2.75, 3.05) is 6.61 Å². The number of para-hydroxylation sites is 1. The molecule has 3 rings (SSSR count). The van der Waals surface area contributed by atoms with Gasteiger partial charge in [0.05, 0.1) is 17.9 Å². The van der Waals surface area contributed by atoms with E-state index >= 15 is 0 Å². The second-order valence-electron chi connectivity index (χ2n) is 6.14. The summed E-state index contributed by atoms with van der Waals surface area (Å²) >= 11 is 0. The molecule has 0 aliphatic rings.